The number of hydrogen-bond acceptors (Lipinski definition) is 5. The Balaban J connectivity index is 1.62. The molecule has 6 nitrogen and oxygen atoms in total. The van der Waals surface area contributed by atoms with Gasteiger partial charge in [-0.3, -0.25) is 9.59 Å². The van der Waals surface area contributed by atoms with Crippen LogP contribution in [0.3, 0.4) is 0 Å². The molecule has 2 fully saturated rings. The highest BCUT2D eigenvalue weighted by Gasteiger charge is 2.53. The first kappa shape index (κ1) is 19.3. The van der Waals surface area contributed by atoms with E-state index in [-0.39, 0.29) is 10.8 Å². The molecule has 3 atom stereocenters. The van der Waals surface area contributed by atoms with Crippen molar-refractivity contribution in [3.63, 3.8) is 0 Å². The Hall–Kier alpha value is -1.44. The summed E-state index contributed by atoms with van der Waals surface area (Å²) in [4.78, 5) is 38.1. The Bertz CT molecular complexity index is 755. The van der Waals surface area contributed by atoms with Gasteiger partial charge in [-0.15, -0.1) is 11.8 Å². The molecule has 2 heterocycles. The highest BCUT2D eigenvalue weighted by molar-refractivity contribution is 8.01. The fourth-order valence-electron chi connectivity index (χ4n) is 3.17. The predicted octanol–water partition coefficient (Wildman–Crippen LogP) is 3.32. The van der Waals surface area contributed by atoms with Gasteiger partial charge in [0.2, 0.25) is 5.91 Å². The molecule has 2 aliphatic rings. The molecule has 2 saturated heterocycles. The van der Waals surface area contributed by atoms with Crippen LogP contribution in [0, 0.1) is 0 Å². The van der Waals surface area contributed by atoms with E-state index in [1.54, 1.807) is 34.9 Å². The predicted molar refractivity (Wildman–Crippen MR) is 101 cm³/mol. The first-order chi connectivity index (χ1) is 12.2. The van der Waals surface area contributed by atoms with Crippen LogP contribution in [0.1, 0.15) is 26.7 Å². The highest BCUT2D eigenvalue weighted by atomic mass is 35.5. The number of hydrogen-bond donors (Lipinski definition) is 1. The number of amides is 2. The molecule has 1 aromatic carbocycles. The van der Waals surface area contributed by atoms with Crippen LogP contribution >= 0.6 is 35.0 Å². The Morgan fingerprint density at radius 2 is 2.00 bits per heavy atom. The third-order valence-corrected chi connectivity index (χ3v) is 6.45. The van der Waals surface area contributed by atoms with Gasteiger partial charge < -0.3 is 15.0 Å². The average Bonchev–Trinajstić information content (AvgIpc) is 3.03. The molecular formula is C17H18Cl2N2O4S. The van der Waals surface area contributed by atoms with E-state index >= 15 is 0 Å². The normalized spacial score (nSPS) is 25.8. The van der Waals surface area contributed by atoms with Crippen LogP contribution < -0.4 is 5.32 Å². The van der Waals surface area contributed by atoms with Crippen LogP contribution in [0.5, 0.6) is 0 Å². The van der Waals surface area contributed by atoms with Gasteiger partial charge >= 0.3 is 5.97 Å². The second kappa shape index (κ2) is 7.29. The van der Waals surface area contributed by atoms with Crippen molar-refractivity contribution in [1.82, 2.24) is 4.90 Å². The van der Waals surface area contributed by atoms with Crippen molar-refractivity contribution in [2.75, 3.05) is 11.1 Å². The largest absolute Gasteiger partial charge is 0.451 e. The lowest BCUT2D eigenvalue weighted by atomic mass is 10.2. The number of ether oxygens (including phenoxy) is 1. The van der Waals surface area contributed by atoms with Crippen LogP contribution in [0.2, 0.25) is 10.0 Å². The van der Waals surface area contributed by atoms with Gasteiger partial charge in [0, 0.05) is 27.9 Å². The number of anilines is 1. The minimum atomic E-state index is -1.02. The zero-order chi connectivity index (χ0) is 19.1. The molecule has 26 heavy (non-hydrogen) atoms. The van der Waals surface area contributed by atoms with Gasteiger partial charge in [-0.25, -0.2) is 4.79 Å². The number of carbonyl (C=O) groups excluding carboxylic acids is 3. The lowest BCUT2D eigenvalue weighted by molar-refractivity contribution is -0.160. The number of fused-ring (bicyclic) bond motifs is 1. The van der Waals surface area contributed by atoms with Crippen LogP contribution in [0.25, 0.3) is 0 Å². The summed E-state index contributed by atoms with van der Waals surface area (Å²) in [6, 6.07) is 3.98. The van der Waals surface area contributed by atoms with E-state index in [9.17, 15) is 14.4 Å². The Kier molecular flexibility index (Phi) is 5.42. The van der Waals surface area contributed by atoms with Crippen LogP contribution in [0.4, 0.5) is 5.69 Å². The topological polar surface area (TPSA) is 75.7 Å². The van der Waals surface area contributed by atoms with Gasteiger partial charge in [0.05, 0.1) is 4.87 Å². The molecule has 140 valence electrons. The molecule has 0 radical (unpaired) electrons. The molecule has 0 bridgehead atoms. The monoisotopic (exact) mass is 416 g/mol. The van der Waals surface area contributed by atoms with Crippen molar-refractivity contribution in [3.8, 4) is 0 Å². The molecule has 2 aliphatic heterocycles. The van der Waals surface area contributed by atoms with Crippen molar-refractivity contribution < 1.29 is 19.1 Å². The molecule has 1 N–H and O–H groups in total. The van der Waals surface area contributed by atoms with Crippen molar-refractivity contribution in [2.45, 2.75) is 43.7 Å². The minimum Gasteiger partial charge on any atom is -0.451 e. The van der Waals surface area contributed by atoms with E-state index in [1.807, 2.05) is 6.92 Å². The third kappa shape index (κ3) is 3.80. The Morgan fingerprint density at radius 3 is 2.65 bits per heavy atom. The van der Waals surface area contributed by atoms with Gasteiger partial charge in [-0.05, 0) is 38.5 Å². The number of thioether (sulfide) groups is 1. The van der Waals surface area contributed by atoms with E-state index in [0.717, 1.165) is 0 Å². The molecule has 9 heteroatoms. The molecule has 0 unspecified atom stereocenters. The zero-order valence-corrected chi connectivity index (χ0v) is 16.6. The van der Waals surface area contributed by atoms with E-state index in [1.165, 1.54) is 6.92 Å². The van der Waals surface area contributed by atoms with Gasteiger partial charge in [-0.1, -0.05) is 23.2 Å². The van der Waals surface area contributed by atoms with E-state index in [0.29, 0.717) is 34.3 Å². The molecule has 0 saturated carbocycles. The van der Waals surface area contributed by atoms with Crippen molar-refractivity contribution in [1.29, 1.82) is 0 Å². The SMILES string of the molecule is C[C@@H](OC(=O)[C@H]1CS[C@@]2(C)CCC(=O)N12)C(=O)Nc1cc(Cl)cc(Cl)c1. The Labute approximate surface area is 165 Å². The molecule has 0 aliphatic carbocycles. The Morgan fingerprint density at radius 1 is 1.35 bits per heavy atom. The lowest BCUT2D eigenvalue weighted by Crippen LogP contribution is -2.48. The lowest BCUT2D eigenvalue weighted by Gasteiger charge is -2.29. The summed E-state index contributed by atoms with van der Waals surface area (Å²) in [5, 5.41) is 3.37. The summed E-state index contributed by atoms with van der Waals surface area (Å²) in [6.45, 7) is 3.43. The summed E-state index contributed by atoms with van der Waals surface area (Å²) >= 11 is 13.4. The van der Waals surface area contributed by atoms with Gasteiger partial charge in [0.25, 0.3) is 5.91 Å². The number of carbonyl (C=O) groups is 3. The number of benzene rings is 1. The van der Waals surface area contributed by atoms with Gasteiger partial charge in [0.1, 0.15) is 6.04 Å². The number of esters is 1. The van der Waals surface area contributed by atoms with Gasteiger partial charge in [-0.2, -0.15) is 0 Å². The van der Waals surface area contributed by atoms with E-state index in [2.05, 4.69) is 5.32 Å². The summed E-state index contributed by atoms with van der Waals surface area (Å²) < 4.78 is 5.31. The van der Waals surface area contributed by atoms with Crippen LogP contribution in [0.15, 0.2) is 18.2 Å². The fourth-order valence-corrected chi connectivity index (χ4v) is 5.11. The number of rotatable bonds is 4. The third-order valence-electron chi connectivity index (χ3n) is 4.51. The van der Waals surface area contributed by atoms with Crippen LogP contribution in [-0.2, 0) is 19.1 Å². The second-order valence-corrected chi connectivity index (χ2v) is 8.87. The standard InChI is InChI=1S/C17H18Cl2N2O4S/c1-9(15(23)20-12-6-10(18)5-11(19)7-12)25-16(24)13-8-26-17(2)4-3-14(22)21(13)17/h5-7,9,13H,3-4,8H2,1-2H3,(H,20,23)/t9-,13-,17+/m1/s1. The second-order valence-electron chi connectivity index (χ2n) is 6.49. The quantitative estimate of drug-likeness (QED) is 0.761. The summed E-state index contributed by atoms with van der Waals surface area (Å²) in [6.07, 6.45) is 0.125. The zero-order valence-electron chi connectivity index (χ0n) is 14.3. The van der Waals surface area contributed by atoms with E-state index in [4.69, 9.17) is 27.9 Å². The number of halogens is 2. The maximum atomic E-state index is 12.5. The summed E-state index contributed by atoms with van der Waals surface area (Å²) in [5.74, 6) is -0.648. The van der Waals surface area contributed by atoms with Gasteiger partial charge in [0.15, 0.2) is 6.10 Å². The fraction of sp³-hybridized carbons (Fsp3) is 0.471. The highest BCUT2D eigenvalue weighted by Crippen LogP contribution is 2.47. The summed E-state index contributed by atoms with van der Waals surface area (Å²) in [5.41, 5.74) is 0.411. The molecule has 1 aromatic rings. The average molecular weight is 417 g/mol. The minimum absolute atomic E-state index is 0.0508. The first-order valence-corrected chi connectivity index (χ1v) is 9.87. The molecule has 2 amide bonds. The van der Waals surface area contributed by atoms with E-state index < -0.39 is 24.0 Å². The van der Waals surface area contributed by atoms with Crippen molar-refractivity contribution >= 4 is 58.4 Å². The van der Waals surface area contributed by atoms with Crippen LogP contribution in [-0.4, -0.2) is 45.5 Å². The van der Waals surface area contributed by atoms with Crippen molar-refractivity contribution in [3.05, 3.63) is 28.2 Å². The molecular weight excluding hydrogens is 399 g/mol. The number of nitrogens with one attached hydrogen (secondary N) is 1. The molecule has 0 spiro atoms. The molecule has 3 rings (SSSR count). The van der Waals surface area contributed by atoms with Crippen molar-refractivity contribution in [2.24, 2.45) is 0 Å². The molecule has 0 aromatic heterocycles. The maximum absolute atomic E-state index is 12.5. The smallest absolute Gasteiger partial charge is 0.330 e. The number of nitrogens with zero attached hydrogens (tertiary/aromatic N) is 1. The first-order valence-electron chi connectivity index (χ1n) is 8.13. The maximum Gasteiger partial charge on any atom is 0.330 e. The summed E-state index contributed by atoms with van der Waals surface area (Å²) in [7, 11) is 0.